The summed E-state index contributed by atoms with van der Waals surface area (Å²) in [7, 11) is 1.57. The number of amides is 3. The Hall–Kier alpha value is -3.55. The van der Waals surface area contributed by atoms with Crippen LogP contribution < -0.4 is 15.4 Å². The van der Waals surface area contributed by atoms with Crippen LogP contribution in [0.4, 0.5) is 10.5 Å². The molecule has 0 heterocycles. The van der Waals surface area contributed by atoms with Crippen molar-refractivity contribution in [3.63, 3.8) is 0 Å². The van der Waals surface area contributed by atoms with Crippen LogP contribution in [0.3, 0.4) is 0 Å². The van der Waals surface area contributed by atoms with E-state index in [-0.39, 0.29) is 24.4 Å². The first-order valence-corrected chi connectivity index (χ1v) is 11.3. The predicted molar refractivity (Wildman–Crippen MR) is 132 cm³/mol. The van der Waals surface area contributed by atoms with Gasteiger partial charge in [-0.1, -0.05) is 37.3 Å². The van der Waals surface area contributed by atoms with Crippen LogP contribution >= 0.6 is 0 Å². The third kappa shape index (κ3) is 7.79. The lowest BCUT2D eigenvalue weighted by molar-refractivity contribution is -0.140. The molecule has 2 atom stereocenters. The monoisotopic (exact) mass is 469 g/mol. The normalized spacial score (nSPS) is 12.8. The average Bonchev–Trinajstić information content (AvgIpc) is 2.80. The van der Waals surface area contributed by atoms with Crippen molar-refractivity contribution >= 4 is 23.6 Å². The number of nitrogens with zero attached hydrogens (tertiary/aromatic N) is 1. The molecular weight excluding hydrogens is 434 g/mol. The number of carbonyl (C=O) groups excluding carboxylic acids is 3. The standard InChI is InChI=1S/C26H35N3O5/c1-7-18(2)29(22(30)17-27-25(32)34-26(3,4)5)23(19-11-9-8-10-12-19)24(31)28-20-13-15-21(33-6)16-14-20/h8-16,18,23H,7,17H2,1-6H3,(H,27,32)(H,28,31). The summed E-state index contributed by atoms with van der Waals surface area (Å²) in [5.41, 5.74) is 0.559. The van der Waals surface area contributed by atoms with E-state index >= 15 is 0 Å². The molecule has 2 aromatic carbocycles. The molecule has 0 spiro atoms. The molecular formula is C26H35N3O5. The maximum absolute atomic E-state index is 13.5. The molecule has 2 unspecified atom stereocenters. The maximum Gasteiger partial charge on any atom is 0.408 e. The molecule has 3 amide bonds. The van der Waals surface area contributed by atoms with Crippen molar-refractivity contribution < 1.29 is 23.9 Å². The number of ether oxygens (including phenoxy) is 2. The number of anilines is 1. The minimum absolute atomic E-state index is 0.264. The van der Waals surface area contributed by atoms with Crippen LogP contribution in [0, 0.1) is 0 Å². The van der Waals surface area contributed by atoms with Gasteiger partial charge < -0.3 is 25.0 Å². The van der Waals surface area contributed by atoms with Gasteiger partial charge in [-0.3, -0.25) is 9.59 Å². The highest BCUT2D eigenvalue weighted by molar-refractivity contribution is 5.98. The Balaban J connectivity index is 2.32. The highest BCUT2D eigenvalue weighted by Crippen LogP contribution is 2.27. The van der Waals surface area contributed by atoms with E-state index in [0.29, 0.717) is 23.4 Å². The van der Waals surface area contributed by atoms with Crippen LogP contribution in [0.5, 0.6) is 5.75 Å². The lowest BCUT2D eigenvalue weighted by Crippen LogP contribution is -2.50. The maximum atomic E-state index is 13.5. The number of hydrogen-bond acceptors (Lipinski definition) is 5. The average molecular weight is 470 g/mol. The van der Waals surface area contributed by atoms with Gasteiger partial charge in [0.2, 0.25) is 5.91 Å². The van der Waals surface area contributed by atoms with Gasteiger partial charge in [0.1, 0.15) is 23.9 Å². The smallest absolute Gasteiger partial charge is 0.408 e. The van der Waals surface area contributed by atoms with Crippen molar-refractivity contribution in [2.45, 2.75) is 58.7 Å². The highest BCUT2D eigenvalue weighted by Gasteiger charge is 2.34. The van der Waals surface area contributed by atoms with Gasteiger partial charge in [-0.05, 0) is 63.9 Å². The fraction of sp³-hybridized carbons (Fsp3) is 0.423. The first-order valence-electron chi connectivity index (χ1n) is 11.3. The highest BCUT2D eigenvalue weighted by atomic mass is 16.6. The van der Waals surface area contributed by atoms with Crippen LogP contribution in [-0.2, 0) is 14.3 Å². The molecule has 0 radical (unpaired) electrons. The van der Waals surface area contributed by atoms with Crippen LogP contribution in [0.2, 0.25) is 0 Å². The van der Waals surface area contributed by atoms with Crippen molar-refractivity contribution in [1.82, 2.24) is 10.2 Å². The van der Waals surface area contributed by atoms with Crippen molar-refractivity contribution in [2.24, 2.45) is 0 Å². The van der Waals surface area contributed by atoms with E-state index in [0.717, 1.165) is 0 Å². The number of benzene rings is 2. The molecule has 0 aliphatic carbocycles. The van der Waals surface area contributed by atoms with Gasteiger partial charge >= 0.3 is 6.09 Å². The summed E-state index contributed by atoms with van der Waals surface area (Å²) in [6, 6.07) is 14.9. The zero-order chi connectivity index (χ0) is 25.3. The summed E-state index contributed by atoms with van der Waals surface area (Å²) in [4.78, 5) is 40.5. The first-order chi connectivity index (χ1) is 16.1. The van der Waals surface area contributed by atoms with E-state index in [1.54, 1.807) is 52.1 Å². The molecule has 0 saturated carbocycles. The summed E-state index contributed by atoms with van der Waals surface area (Å²) in [5, 5.41) is 5.41. The molecule has 0 saturated heterocycles. The van der Waals surface area contributed by atoms with E-state index in [9.17, 15) is 14.4 Å². The van der Waals surface area contributed by atoms with Crippen molar-refractivity contribution in [3.8, 4) is 5.75 Å². The summed E-state index contributed by atoms with van der Waals surface area (Å²) in [6.07, 6.45) is -0.0685. The Morgan fingerprint density at radius 3 is 2.15 bits per heavy atom. The van der Waals surface area contributed by atoms with Gasteiger partial charge in [-0.25, -0.2) is 4.79 Å². The van der Waals surface area contributed by atoms with E-state index in [1.165, 1.54) is 4.90 Å². The molecule has 0 aromatic heterocycles. The molecule has 0 fully saturated rings. The molecule has 0 aliphatic rings. The summed E-state index contributed by atoms with van der Waals surface area (Å²) >= 11 is 0. The number of carbonyl (C=O) groups is 3. The first kappa shape index (κ1) is 26.7. The van der Waals surface area contributed by atoms with Crippen LogP contribution in [0.15, 0.2) is 54.6 Å². The number of alkyl carbamates (subject to hydrolysis) is 1. The lowest BCUT2D eigenvalue weighted by atomic mass is 10.0. The van der Waals surface area contributed by atoms with Gasteiger partial charge in [-0.15, -0.1) is 0 Å². The molecule has 0 aliphatic heterocycles. The second-order valence-corrected chi connectivity index (χ2v) is 8.94. The largest absolute Gasteiger partial charge is 0.497 e. The Morgan fingerprint density at radius 1 is 1.00 bits per heavy atom. The van der Waals surface area contributed by atoms with Gasteiger partial charge in [-0.2, -0.15) is 0 Å². The fourth-order valence-corrected chi connectivity index (χ4v) is 3.35. The number of rotatable bonds is 9. The molecule has 2 rings (SSSR count). The van der Waals surface area contributed by atoms with Gasteiger partial charge in [0.05, 0.1) is 7.11 Å². The third-order valence-corrected chi connectivity index (χ3v) is 5.14. The predicted octanol–water partition coefficient (Wildman–Crippen LogP) is 4.53. The Bertz CT molecular complexity index is 955. The lowest BCUT2D eigenvalue weighted by Gasteiger charge is -2.36. The molecule has 8 nitrogen and oxygen atoms in total. The van der Waals surface area contributed by atoms with Crippen molar-refractivity contribution in [2.75, 3.05) is 19.0 Å². The summed E-state index contributed by atoms with van der Waals surface area (Å²) in [5.74, 6) is -0.0801. The number of nitrogens with one attached hydrogen (secondary N) is 2. The van der Waals surface area contributed by atoms with E-state index in [2.05, 4.69) is 10.6 Å². The SMILES string of the molecule is CCC(C)N(C(=O)CNC(=O)OC(C)(C)C)C(C(=O)Nc1ccc(OC)cc1)c1ccccc1. The third-order valence-electron chi connectivity index (χ3n) is 5.14. The van der Waals surface area contributed by atoms with Gasteiger partial charge in [0.25, 0.3) is 5.91 Å². The minimum Gasteiger partial charge on any atom is -0.497 e. The minimum atomic E-state index is -0.897. The Kier molecular flexibility index (Phi) is 9.47. The van der Waals surface area contributed by atoms with Gasteiger partial charge in [0, 0.05) is 11.7 Å². The molecule has 184 valence electrons. The molecule has 0 bridgehead atoms. The van der Waals surface area contributed by atoms with Crippen LogP contribution in [0.25, 0.3) is 0 Å². The zero-order valence-corrected chi connectivity index (χ0v) is 20.8. The topological polar surface area (TPSA) is 97.0 Å². The second kappa shape index (κ2) is 12.1. The number of hydrogen-bond donors (Lipinski definition) is 2. The van der Waals surface area contributed by atoms with E-state index in [1.807, 2.05) is 44.2 Å². The summed E-state index contributed by atoms with van der Waals surface area (Å²) < 4.78 is 10.4. The number of methoxy groups -OCH3 is 1. The second-order valence-electron chi connectivity index (χ2n) is 8.94. The Morgan fingerprint density at radius 2 is 1.62 bits per heavy atom. The summed E-state index contributed by atoms with van der Waals surface area (Å²) in [6.45, 7) is 8.76. The van der Waals surface area contributed by atoms with Crippen molar-refractivity contribution in [1.29, 1.82) is 0 Å². The fourth-order valence-electron chi connectivity index (χ4n) is 3.35. The molecule has 2 N–H and O–H groups in total. The quantitative estimate of drug-likeness (QED) is 0.563. The van der Waals surface area contributed by atoms with E-state index < -0.39 is 17.7 Å². The molecule has 34 heavy (non-hydrogen) atoms. The van der Waals surface area contributed by atoms with Crippen LogP contribution in [-0.4, -0.2) is 48.1 Å². The Labute approximate surface area is 201 Å². The van der Waals surface area contributed by atoms with E-state index in [4.69, 9.17) is 9.47 Å². The van der Waals surface area contributed by atoms with Crippen molar-refractivity contribution in [3.05, 3.63) is 60.2 Å². The molecule has 2 aromatic rings. The zero-order valence-electron chi connectivity index (χ0n) is 20.8. The van der Waals surface area contributed by atoms with Gasteiger partial charge in [0.15, 0.2) is 0 Å². The molecule has 8 heteroatoms. The van der Waals surface area contributed by atoms with Crippen LogP contribution in [0.1, 0.15) is 52.6 Å².